The minimum Gasteiger partial charge on any atom is -0.478 e. The number of aromatic carboxylic acids is 1. The second kappa shape index (κ2) is 3.74. The van der Waals surface area contributed by atoms with Crippen LogP contribution in [-0.4, -0.2) is 24.8 Å². The average Bonchev–Trinajstić information content (AvgIpc) is 2.18. The third-order valence-electron chi connectivity index (χ3n) is 1.48. The van der Waals surface area contributed by atoms with Crippen molar-refractivity contribution >= 4 is 16.1 Å². The number of hydrogen-bond acceptors (Lipinski definition) is 5. The van der Waals surface area contributed by atoms with Crippen molar-refractivity contribution < 1.29 is 27.9 Å². The number of hydrogen-bond donors (Lipinski definition) is 2. The Bertz CT molecular complexity index is 449. The van der Waals surface area contributed by atoms with Crippen LogP contribution in [0.5, 0.6) is 0 Å². The van der Waals surface area contributed by atoms with Gasteiger partial charge in [0.05, 0.1) is 5.56 Å². The zero-order valence-electron chi connectivity index (χ0n) is 6.75. The van der Waals surface area contributed by atoms with Gasteiger partial charge in [0.2, 0.25) is 0 Å². The van der Waals surface area contributed by atoms with E-state index in [1.54, 1.807) is 0 Å². The number of carboxylic acid groups (broad SMARTS) is 1. The van der Waals surface area contributed by atoms with Crippen LogP contribution in [-0.2, 0) is 14.5 Å². The summed E-state index contributed by atoms with van der Waals surface area (Å²) in [5.41, 5.74) is -0.457. The second-order valence-corrected chi connectivity index (χ2v) is 3.83. The quantitative estimate of drug-likeness (QED) is 0.568. The van der Waals surface area contributed by atoms with Crippen LogP contribution in [0.25, 0.3) is 0 Å². The molecule has 0 amide bonds. The summed E-state index contributed by atoms with van der Waals surface area (Å²) in [6.45, 7) is 0. The largest absolute Gasteiger partial charge is 0.478 e. The van der Waals surface area contributed by atoms with Gasteiger partial charge in [-0.25, -0.2) is 10.1 Å². The molecule has 0 spiro atoms. The van der Waals surface area contributed by atoms with Gasteiger partial charge < -0.3 is 5.11 Å². The van der Waals surface area contributed by atoms with E-state index in [-0.39, 0.29) is 0 Å². The van der Waals surface area contributed by atoms with Crippen molar-refractivity contribution in [1.29, 1.82) is 0 Å². The molecule has 1 aromatic carbocycles. The van der Waals surface area contributed by atoms with Crippen LogP contribution in [0.1, 0.15) is 10.4 Å². The zero-order valence-corrected chi connectivity index (χ0v) is 7.56. The number of carboxylic acids is 1. The third-order valence-corrected chi connectivity index (χ3v) is 2.58. The lowest BCUT2D eigenvalue weighted by Gasteiger charge is -2.02. The van der Waals surface area contributed by atoms with Gasteiger partial charge in [-0.05, 0) is 12.1 Å². The summed E-state index contributed by atoms with van der Waals surface area (Å²) in [5, 5.41) is 16.7. The van der Waals surface area contributed by atoms with E-state index in [0.29, 0.717) is 0 Å². The fraction of sp³-hybridized carbons (Fsp3) is 0. The Kier molecular flexibility index (Phi) is 2.84. The minimum absolute atomic E-state index is 0.457. The molecular weight excluding hydrogens is 212 g/mol. The van der Waals surface area contributed by atoms with Crippen LogP contribution in [0, 0.1) is 0 Å². The highest BCUT2D eigenvalue weighted by molar-refractivity contribution is 7.86. The van der Waals surface area contributed by atoms with Gasteiger partial charge >= 0.3 is 16.1 Å². The Morgan fingerprint density at radius 2 is 1.86 bits per heavy atom. The lowest BCUT2D eigenvalue weighted by Crippen LogP contribution is -2.10. The highest BCUT2D eigenvalue weighted by Gasteiger charge is 2.22. The normalized spacial score (nSPS) is 11.2. The Hall–Kier alpha value is -1.44. The van der Waals surface area contributed by atoms with Crippen molar-refractivity contribution in [3.05, 3.63) is 29.8 Å². The zero-order chi connectivity index (χ0) is 10.8. The molecule has 0 atom stereocenters. The summed E-state index contributed by atoms with van der Waals surface area (Å²) < 4.78 is 25.2. The lowest BCUT2D eigenvalue weighted by molar-refractivity contribution is -0.130. The lowest BCUT2D eigenvalue weighted by atomic mass is 10.2. The highest BCUT2D eigenvalue weighted by atomic mass is 32.2. The van der Waals surface area contributed by atoms with E-state index < -0.39 is 26.5 Å². The van der Waals surface area contributed by atoms with Crippen molar-refractivity contribution in [3.63, 3.8) is 0 Å². The van der Waals surface area contributed by atoms with Gasteiger partial charge in [-0.15, -0.1) is 4.33 Å². The maximum Gasteiger partial charge on any atom is 0.337 e. The summed E-state index contributed by atoms with van der Waals surface area (Å²) >= 11 is 0. The monoisotopic (exact) mass is 218 g/mol. The molecule has 0 radical (unpaired) electrons. The smallest absolute Gasteiger partial charge is 0.337 e. The number of carbonyl (C=O) groups is 1. The first kappa shape index (κ1) is 10.6. The van der Waals surface area contributed by atoms with E-state index in [9.17, 15) is 13.2 Å². The molecule has 0 aliphatic heterocycles. The van der Waals surface area contributed by atoms with Crippen LogP contribution >= 0.6 is 0 Å². The van der Waals surface area contributed by atoms with Crippen LogP contribution < -0.4 is 0 Å². The van der Waals surface area contributed by atoms with Gasteiger partial charge in [0.1, 0.15) is 4.90 Å². The van der Waals surface area contributed by atoms with Gasteiger partial charge in [-0.2, -0.15) is 8.42 Å². The van der Waals surface area contributed by atoms with Gasteiger partial charge in [0.25, 0.3) is 0 Å². The van der Waals surface area contributed by atoms with Gasteiger partial charge in [-0.1, -0.05) is 12.1 Å². The standard InChI is InChI=1S/C7H6O6S/c8-7(9)5-3-1-2-4-6(5)14(11,12)13-10/h1-4,10H,(H,8,9). The summed E-state index contributed by atoms with van der Waals surface area (Å²) in [6.07, 6.45) is 0. The molecule has 6 nitrogen and oxygen atoms in total. The van der Waals surface area contributed by atoms with Gasteiger partial charge in [-0.3, -0.25) is 0 Å². The molecule has 0 aliphatic carbocycles. The summed E-state index contributed by atoms with van der Waals surface area (Å²) in [4.78, 5) is 9.99. The molecule has 1 rings (SSSR count). The molecule has 0 fully saturated rings. The molecule has 76 valence electrons. The first-order valence-corrected chi connectivity index (χ1v) is 4.80. The predicted octanol–water partition coefficient (Wildman–Crippen LogP) is 0.563. The first-order chi connectivity index (χ1) is 6.49. The van der Waals surface area contributed by atoms with E-state index in [1.807, 2.05) is 0 Å². The molecule has 0 saturated heterocycles. The van der Waals surface area contributed by atoms with Crippen LogP contribution in [0.3, 0.4) is 0 Å². The van der Waals surface area contributed by atoms with Crippen LogP contribution in [0.2, 0.25) is 0 Å². The Morgan fingerprint density at radius 3 is 2.36 bits per heavy atom. The van der Waals surface area contributed by atoms with E-state index >= 15 is 0 Å². The maximum absolute atomic E-state index is 11.0. The van der Waals surface area contributed by atoms with Crippen molar-refractivity contribution in [2.45, 2.75) is 4.90 Å². The fourth-order valence-corrected chi connectivity index (χ4v) is 1.65. The van der Waals surface area contributed by atoms with E-state index in [4.69, 9.17) is 10.4 Å². The average molecular weight is 218 g/mol. The molecule has 0 aromatic heterocycles. The molecule has 1 aromatic rings. The molecule has 0 saturated carbocycles. The van der Waals surface area contributed by atoms with Crippen LogP contribution in [0.4, 0.5) is 0 Å². The second-order valence-electron chi connectivity index (χ2n) is 2.33. The van der Waals surface area contributed by atoms with E-state index in [0.717, 1.165) is 12.1 Å². The number of rotatable bonds is 3. The molecule has 2 N–H and O–H groups in total. The topological polar surface area (TPSA) is 101 Å². The van der Waals surface area contributed by atoms with E-state index in [1.165, 1.54) is 12.1 Å². The third kappa shape index (κ3) is 1.90. The van der Waals surface area contributed by atoms with E-state index in [2.05, 4.69) is 4.33 Å². The Balaban J connectivity index is 3.42. The highest BCUT2D eigenvalue weighted by Crippen LogP contribution is 2.16. The van der Waals surface area contributed by atoms with Crippen molar-refractivity contribution in [1.82, 2.24) is 0 Å². The molecule has 14 heavy (non-hydrogen) atoms. The SMILES string of the molecule is O=C(O)c1ccccc1S(=O)(=O)OO. The fourth-order valence-electron chi connectivity index (χ4n) is 0.901. The number of benzene rings is 1. The van der Waals surface area contributed by atoms with Crippen molar-refractivity contribution in [3.8, 4) is 0 Å². The summed E-state index contributed by atoms with van der Waals surface area (Å²) in [5.74, 6) is -1.42. The van der Waals surface area contributed by atoms with Crippen molar-refractivity contribution in [2.24, 2.45) is 0 Å². The van der Waals surface area contributed by atoms with Crippen LogP contribution in [0.15, 0.2) is 29.2 Å². The maximum atomic E-state index is 11.0. The predicted molar refractivity (Wildman–Crippen MR) is 44.3 cm³/mol. The molecule has 0 heterocycles. The first-order valence-electron chi connectivity index (χ1n) is 3.39. The van der Waals surface area contributed by atoms with Crippen molar-refractivity contribution in [2.75, 3.05) is 0 Å². The minimum atomic E-state index is -4.40. The molecular formula is C7H6O6S. The molecule has 0 bridgehead atoms. The summed E-state index contributed by atoms with van der Waals surface area (Å²) in [6, 6.07) is 4.79. The Morgan fingerprint density at radius 1 is 1.29 bits per heavy atom. The van der Waals surface area contributed by atoms with Gasteiger partial charge in [0, 0.05) is 0 Å². The van der Waals surface area contributed by atoms with Gasteiger partial charge in [0.15, 0.2) is 0 Å². The Labute approximate surface area is 79.4 Å². The summed E-state index contributed by atoms with van der Waals surface area (Å²) in [7, 11) is -4.40. The molecule has 7 heteroatoms. The molecule has 0 unspecified atom stereocenters. The molecule has 0 aliphatic rings.